The molecule has 2 atom stereocenters. The van der Waals surface area contributed by atoms with Gasteiger partial charge in [0.15, 0.2) is 0 Å². The van der Waals surface area contributed by atoms with Gasteiger partial charge in [-0.1, -0.05) is 35.9 Å². The van der Waals surface area contributed by atoms with Gasteiger partial charge in [-0.3, -0.25) is 9.00 Å². The predicted molar refractivity (Wildman–Crippen MR) is 91.1 cm³/mol. The highest BCUT2D eigenvalue weighted by molar-refractivity contribution is 7.84. The lowest BCUT2D eigenvalue weighted by Gasteiger charge is -2.14. The molecule has 0 bridgehead atoms. The summed E-state index contributed by atoms with van der Waals surface area (Å²) in [5.74, 6) is -0.394. The summed E-state index contributed by atoms with van der Waals surface area (Å²) in [6, 6.07) is 12.7. The Balaban J connectivity index is 1.85. The number of amides is 1. The molecule has 0 spiro atoms. The van der Waals surface area contributed by atoms with E-state index in [1.165, 1.54) is 12.1 Å². The van der Waals surface area contributed by atoms with Gasteiger partial charge in [0.1, 0.15) is 11.6 Å². The van der Waals surface area contributed by atoms with Crippen LogP contribution in [0, 0.1) is 5.82 Å². The molecule has 2 aromatic carbocycles. The molecule has 0 saturated heterocycles. The number of hydrogen-bond donors (Lipinski definition) is 1. The van der Waals surface area contributed by atoms with Crippen LogP contribution in [0.5, 0.6) is 0 Å². The maximum Gasteiger partial charge on any atom is 0.233 e. The van der Waals surface area contributed by atoms with E-state index < -0.39 is 10.8 Å². The molecule has 0 aliphatic heterocycles. The Kier molecular flexibility index (Phi) is 6.30. The van der Waals surface area contributed by atoms with Gasteiger partial charge in [0, 0.05) is 21.6 Å². The molecule has 6 heteroatoms. The summed E-state index contributed by atoms with van der Waals surface area (Å²) in [6.45, 7) is 1.80. The summed E-state index contributed by atoms with van der Waals surface area (Å²) in [5.41, 5.74) is 1.66. The highest BCUT2D eigenvalue weighted by Gasteiger charge is 2.13. The Labute approximate surface area is 142 Å². The zero-order valence-corrected chi connectivity index (χ0v) is 14.2. The van der Waals surface area contributed by atoms with Crippen LogP contribution < -0.4 is 5.32 Å². The molecule has 1 amide bonds. The summed E-state index contributed by atoms with van der Waals surface area (Å²) in [7, 11) is -1.30. The summed E-state index contributed by atoms with van der Waals surface area (Å²) in [6.07, 6.45) is 0. The SMILES string of the molecule is CC(NC(=O)CS(=O)Cc1ccc(Cl)cc1)c1ccc(F)cc1. The van der Waals surface area contributed by atoms with Crippen LogP contribution in [0.4, 0.5) is 4.39 Å². The fraction of sp³-hybridized carbons (Fsp3) is 0.235. The first-order valence-corrected chi connectivity index (χ1v) is 8.95. The van der Waals surface area contributed by atoms with Crippen molar-refractivity contribution in [3.05, 3.63) is 70.5 Å². The molecule has 0 heterocycles. The molecular weight excluding hydrogens is 337 g/mol. The van der Waals surface area contributed by atoms with Gasteiger partial charge < -0.3 is 5.32 Å². The van der Waals surface area contributed by atoms with Crippen LogP contribution in [0.25, 0.3) is 0 Å². The van der Waals surface area contributed by atoms with E-state index in [-0.39, 0.29) is 23.5 Å². The minimum atomic E-state index is -1.30. The Bertz CT molecular complexity index is 689. The molecule has 0 fully saturated rings. The van der Waals surface area contributed by atoms with Crippen molar-refractivity contribution in [3.63, 3.8) is 0 Å². The fourth-order valence-corrected chi connectivity index (χ4v) is 3.25. The molecule has 2 rings (SSSR count). The van der Waals surface area contributed by atoms with Crippen molar-refractivity contribution >= 4 is 28.3 Å². The molecule has 1 N–H and O–H groups in total. The minimum Gasteiger partial charge on any atom is -0.349 e. The van der Waals surface area contributed by atoms with Gasteiger partial charge >= 0.3 is 0 Å². The van der Waals surface area contributed by atoms with Gasteiger partial charge in [-0.2, -0.15) is 0 Å². The minimum absolute atomic E-state index is 0.0752. The van der Waals surface area contributed by atoms with Gasteiger partial charge in [-0.25, -0.2) is 4.39 Å². The van der Waals surface area contributed by atoms with Crippen LogP contribution in [0.15, 0.2) is 48.5 Å². The third-order valence-corrected chi connectivity index (χ3v) is 4.77. The zero-order chi connectivity index (χ0) is 16.8. The normalized spacial score (nSPS) is 13.3. The van der Waals surface area contributed by atoms with Crippen molar-refractivity contribution in [2.75, 3.05) is 5.75 Å². The lowest BCUT2D eigenvalue weighted by Crippen LogP contribution is -2.31. The van der Waals surface area contributed by atoms with E-state index in [2.05, 4.69) is 5.32 Å². The van der Waals surface area contributed by atoms with Crippen molar-refractivity contribution in [1.82, 2.24) is 5.32 Å². The third-order valence-electron chi connectivity index (χ3n) is 3.28. The van der Waals surface area contributed by atoms with Gasteiger partial charge in [-0.15, -0.1) is 0 Å². The molecule has 2 unspecified atom stereocenters. The Morgan fingerprint density at radius 1 is 1.17 bits per heavy atom. The zero-order valence-electron chi connectivity index (χ0n) is 12.6. The topological polar surface area (TPSA) is 46.2 Å². The lowest BCUT2D eigenvalue weighted by molar-refractivity contribution is -0.119. The monoisotopic (exact) mass is 353 g/mol. The molecule has 23 heavy (non-hydrogen) atoms. The molecule has 0 saturated carbocycles. The van der Waals surface area contributed by atoms with Crippen LogP contribution in [-0.2, 0) is 21.3 Å². The smallest absolute Gasteiger partial charge is 0.233 e. The van der Waals surface area contributed by atoms with Crippen molar-refractivity contribution < 1.29 is 13.4 Å². The second-order valence-electron chi connectivity index (χ2n) is 5.20. The molecule has 0 aromatic heterocycles. The van der Waals surface area contributed by atoms with Crippen LogP contribution in [0.1, 0.15) is 24.1 Å². The fourth-order valence-electron chi connectivity index (χ4n) is 2.08. The highest BCUT2D eigenvalue weighted by Crippen LogP contribution is 2.13. The maximum absolute atomic E-state index is 12.9. The second-order valence-corrected chi connectivity index (χ2v) is 7.09. The molecule has 0 aliphatic carbocycles. The second kappa shape index (κ2) is 8.22. The Hall–Kier alpha value is -1.72. The first-order chi connectivity index (χ1) is 10.9. The Morgan fingerprint density at radius 3 is 2.39 bits per heavy atom. The number of rotatable bonds is 6. The number of carbonyl (C=O) groups is 1. The summed E-state index contributed by atoms with van der Waals surface area (Å²) < 4.78 is 24.9. The number of carbonyl (C=O) groups excluding carboxylic acids is 1. The van der Waals surface area contributed by atoms with Gasteiger partial charge in [-0.05, 0) is 42.3 Å². The van der Waals surface area contributed by atoms with E-state index in [0.29, 0.717) is 10.8 Å². The highest BCUT2D eigenvalue weighted by atomic mass is 35.5. The molecule has 0 radical (unpaired) electrons. The number of hydrogen-bond acceptors (Lipinski definition) is 2. The number of benzene rings is 2. The van der Waals surface area contributed by atoms with Gasteiger partial charge in [0.2, 0.25) is 5.91 Å². The van der Waals surface area contributed by atoms with E-state index in [1.54, 1.807) is 43.3 Å². The first kappa shape index (κ1) is 17.6. The third kappa shape index (κ3) is 5.77. The van der Waals surface area contributed by atoms with Crippen LogP contribution in [0.2, 0.25) is 5.02 Å². The molecule has 122 valence electrons. The number of nitrogens with one attached hydrogen (secondary N) is 1. The van der Waals surface area contributed by atoms with Crippen LogP contribution in [-0.4, -0.2) is 15.9 Å². The summed E-state index contributed by atoms with van der Waals surface area (Å²) in [5, 5.41) is 3.38. The Morgan fingerprint density at radius 2 is 1.78 bits per heavy atom. The average Bonchev–Trinajstić information content (AvgIpc) is 2.50. The maximum atomic E-state index is 12.9. The summed E-state index contributed by atoms with van der Waals surface area (Å²) in [4.78, 5) is 11.9. The van der Waals surface area contributed by atoms with Crippen molar-refractivity contribution in [1.29, 1.82) is 0 Å². The largest absolute Gasteiger partial charge is 0.349 e. The van der Waals surface area contributed by atoms with Crippen molar-refractivity contribution in [2.45, 2.75) is 18.7 Å². The quantitative estimate of drug-likeness (QED) is 0.862. The standard InChI is InChI=1S/C17H17ClFNO2S/c1-12(14-4-8-16(19)9-5-14)20-17(21)11-23(22)10-13-2-6-15(18)7-3-13/h2-9,12H,10-11H2,1H3,(H,20,21). The first-order valence-electron chi connectivity index (χ1n) is 7.08. The average molecular weight is 354 g/mol. The lowest BCUT2D eigenvalue weighted by atomic mass is 10.1. The summed E-state index contributed by atoms with van der Waals surface area (Å²) >= 11 is 5.79. The van der Waals surface area contributed by atoms with E-state index in [4.69, 9.17) is 11.6 Å². The van der Waals surface area contributed by atoms with Gasteiger partial charge in [0.25, 0.3) is 0 Å². The molecule has 0 aliphatic rings. The van der Waals surface area contributed by atoms with E-state index in [9.17, 15) is 13.4 Å². The van der Waals surface area contributed by atoms with E-state index in [0.717, 1.165) is 11.1 Å². The molecular formula is C17H17ClFNO2S. The van der Waals surface area contributed by atoms with E-state index in [1.807, 2.05) is 0 Å². The van der Waals surface area contributed by atoms with Crippen LogP contribution in [0.3, 0.4) is 0 Å². The molecule has 2 aromatic rings. The number of halogens is 2. The molecule has 3 nitrogen and oxygen atoms in total. The van der Waals surface area contributed by atoms with Crippen molar-refractivity contribution in [3.8, 4) is 0 Å². The van der Waals surface area contributed by atoms with Crippen LogP contribution >= 0.6 is 11.6 Å². The van der Waals surface area contributed by atoms with Crippen molar-refractivity contribution in [2.24, 2.45) is 0 Å². The van der Waals surface area contributed by atoms with Gasteiger partial charge in [0.05, 0.1) is 6.04 Å². The predicted octanol–water partition coefficient (Wildman–Crippen LogP) is 3.61. The van der Waals surface area contributed by atoms with E-state index >= 15 is 0 Å².